The number of thioether (sulfide) groups is 1. The number of hydrogen-bond acceptors (Lipinski definition) is 5. The number of ketones is 1. The molecule has 0 aliphatic rings. The summed E-state index contributed by atoms with van der Waals surface area (Å²) in [4.78, 5) is 15.6. The van der Waals surface area contributed by atoms with Crippen LogP contribution >= 0.6 is 11.8 Å². The minimum absolute atomic E-state index is 0.258. The van der Waals surface area contributed by atoms with Gasteiger partial charge in [-0.1, -0.05) is 23.4 Å². The summed E-state index contributed by atoms with van der Waals surface area (Å²) in [7, 11) is 0. The van der Waals surface area contributed by atoms with Crippen molar-refractivity contribution in [2.75, 3.05) is 0 Å². The van der Waals surface area contributed by atoms with Crippen LogP contribution in [0, 0.1) is 6.92 Å². The van der Waals surface area contributed by atoms with Crippen molar-refractivity contribution in [1.29, 1.82) is 0 Å². The second-order valence-electron chi connectivity index (χ2n) is 4.26. The Morgan fingerprint density at radius 1 is 1.33 bits per heavy atom. The van der Waals surface area contributed by atoms with Crippen molar-refractivity contribution < 1.29 is 22.5 Å². The van der Waals surface area contributed by atoms with Crippen molar-refractivity contribution >= 4 is 17.5 Å². The summed E-state index contributed by atoms with van der Waals surface area (Å²) < 4.78 is 41.0. The lowest BCUT2D eigenvalue weighted by Crippen LogP contribution is -2.24. The number of Topliss-reactive ketones (excluding diaryl/α,β-unsaturated/α-hetero) is 1. The van der Waals surface area contributed by atoms with Crippen molar-refractivity contribution in [3.8, 4) is 0 Å². The summed E-state index contributed by atoms with van der Waals surface area (Å²) >= 11 is 1.45. The summed E-state index contributed by atoms with van der Waals surface area (Å²) in [5.41, 5.74) is 1.08. The number of rotatable bonds is 5. The van der Waals surface area contributed by atoms with E-state index in [0.29, 0.717) is 5.75 Å². The van der Waals surface area contributed by atoms with E-state index in [1.165, 1.54) is 11.8 Å². The molecule has 2 rings (SSSR count). The quantitative estimate of drug-likeness (QED) is 0.792. The molecule has 0 radical (unpaired) electrons. The van der Waals surface area contributed by atoms with Crippen LogP contribution in [0.2, 0.25) is 0 Å². The van der Waals surface area contributed by atoms with E-state index in [1.807, 2.05) is 31.2 Å². The summed E-state index contributed by atoms with van der Waals surface area (Å²) in [5.74, 6) is -1.61. The largest absolute Gasteiger partial charge is 0.450 e. The fraction of sp³-hybridized carbons (Fsp3) is 0.308. The van der Waals surface area contributed by atoms with Gasteiger partial charge in [-0.05, 0) is 18.6 Å². The lowest BCUT2D eigenvalue weighted by Gasteiger charge is -2.02. The van der Waals surface area contributed by atoms with Gasteiger partial charge >= 0.3 is 6.18 Å². The van der Waals surface area contributed by atoms with Crippen LogP contribution in [0.15, 0.2) is 33.7 Å². The molecule has 0 saturated carbocycles. The third-order valence-corrected chi connectivity index (χ3v) is 3.76. The van der Waals surface area contributed by atoms with Gasteiger partial charge in [0, 0.05) is 4.90 Å². The molecule has 112 valence electrons. The molecule has 0 fully saturated rings. The Bertz CT molecular complexity index is 640. The van der Waals surface area contributed by atoms with Crippen molar-refractivity contribution in [2.24, 2.45) is 0 Å². The first-order valence-electron chi connectivity index (χ1n) is 5.96. The Morgan fingerprint density at radius 2 is 2.05 bits per heavy atom. The molecule has 0 N–H and O–H groups in total. The highest BCUT2D eigenvalue weighted by molar-refractivity contribution is 7.98. The zero-order valence-corrected chi connectivity index (χ0v) is 11.8. The zero-order chi connectivity index (χ0) is 15.5. The summed E-state index contributed by atoms with van der Waals surface area (Å²) in [5, 5.41) is 3.57. The van der Waals surface area contributed by atoms with Gasteiger partial charge in [0.05, 0.1) is 12.2 Å². The number of nitrogens with zero attached hydrogens (tertiary/aromatic N) is 2. The zero-order valence-electron chi connectivity index (χ0n) is 11.0. The highest BCUT2D eigenvalue weighted by Crippen LogP contribution is 2.25. The van der Waals surface area contributed by atoms with Crippen molar-refractivity contribution in [1.82, 2.24) is 10.1 Å². The third kappa shape index (κ3) is 4.32. The van der Waals surface area contributed by atoms with Gasteiger partial charge in [-0.2, -0.15) is 18.2 Å². The number of aromatic nitrogens is 2. The number of carbonyl (C=O) groups is 1. The smallest absolute Gasteiger partial charge is 0.339 e. The number of carbonyl (C=O) groups excluding carboxylic acids is 1. The molecular weight excluding hydrogens is 305 g/mol. The van der Waals surface area contributed by atoms with Crippen molar-refractivity contribution in [2.45, 2.75) is 30.2 Å². The second-order valence-corrected chi connectivity index (χ2v) is 5.27. The molecule has 21 heavy (non-hydrogen) atoms. The molecule has 0 unspecified atom stereocenters. The summed E-state index contributed by atoms with van der Waals surface area (Å²) in [6, 6.07) is 7.67. The van der Waals surface area contributed by atoms with Gasteiger partial charge in [0.2, 0.25) is 11.7 Å². The Morgan fingerprint density at radius 3 is 2.71 bits per heavy atom. The lowest BCUT2D eigenvalue weighted by molar-refractivity contribution is -0.170. The van der Waals surface area contributed by atoms with E-state index in [1.54, 1.807) is 0 Å². The molecule has 0 saturated heterocycles. The van der Waals surface area contributed by atoms with E-state index in [2.05, 4.69) is 14.7 Å². The van der Waals surface area contributed by atoms with Gasteiger partial charge in [0.25, 0.3) is 0 Å². The fourth-order valence-corrected chi connectivity index (χ4v) is 2.39. The minimum atomic E-state index is -4.88. The van der Waals surface area contributed by atoms with Gasteiger partial charge in [0.15, 0.2) is 5.82 Å². The molecule has 2 aromatic rings. The predicted octanol–water partition coefficient (Wildman–Crippen LogP) is 3.34. The molecule has 1 heterocycles. The van der Waals surface area contributed by atoms with E-state index >= 15 is 0 Å². The van der Waals surface area contributed by atoms with Crippen LogP contribution in [0.1, 0.15) is 17.3 Å². The SMILES string of the molecule is Cc1ccccc1SCc1noc(CC(=O)C(F)(F)F)n1. The molecule has 4 nitrogen and oxygen atoms in total. The molecule has 0 amide bonds. The van der Waals surface area contributed by atoms with E-state index in [-0.39, 0.29) is 11.7 Å². The van der Waals surface area contributed by atoms with Crippen LogP contribution < -0.4 is 0 Å². The van der Waals surface area contributed by atoms with E-state index < -0.39 is 18.4 Å². The Labute approximate surface area is 122 Å². The van der Waals surface area contributed by atoms with Gasteiger partial charge in [-0.3, -0.25) is 4.79 Å². The monoisotopic (exact) mass is 316 g/mol. The molecular formula is C13H11F3N2O2S. The predicted molar refractivity (Wildman–Crippen MR) is 69.8 cm³/mol. The fourth-order valence-electron chi connectivity index (χ4n) is 1.52. The normalized spacial score (nSPS) is 11.6. The standard InChI is InChI=1S/C13H11F3N2O2S/c1-8-4-2-3-5-9(8)21-7-11-17-12(20-18-11)6-10(19)13(14,15)16/h2-5H,6-7H2,1H3. The van der Waals surface area contributed by atoms with Crippen LogP contribution in [0.4, 0.5) is 13.2 Å². The number of benzene rings is 1. The van der Waals surface area contributed by atoms with E-state index in [0.717, 1.165) is 10.5 Å². The molecule has 0 aliphatic heterocycles. The molecule has 1 aromatic carbocycles. The highest BCUT2D eigenvalue weighted by Gasteiger charge is 2.39. The number of halogens is 3. The van der Waals surface area contributed by atoms with Crippen LogP contribution in [0.3, 0.4) is 0 Å². The van der Waals surface area contributed by atoms with Crippen LogP contribution in [-0.4, -0.2) is 22.1 Å². The minimum Gasteiger partial charge on any atom is -0.339 e. The first kappa shape index (κ1) is 15.6. The lowest BCUT2D eigenvalue weighted by atomic mass is 10.2. The van der Waals surface area contributed by atoms with Gasteiger partial charge in [-0.15, -0.1) is 11.8 Å². The maximum absolute atomic E-state index is 12.1. The van der Waals surface area contributed by atoms with Crippen molar-refractivity contribution in [3.63, 3.8) is 0 Å². The Kier molecular flexibility index (Phi) is 4.66. The average molecular weight is 316 g/mol. The van der Waals surface area contributed by atoms with Crippen LogP contribution in [-0.2, 0) is 17.0 Å². The number of hydrogen-bond donors (Lipinski definition) is 0. The van der Waals surface area contributed by atoms with Gasteiger partial charge < -0.3 is 4.52 Å². The van der Waals surface area contributed by atoms with E-state index in [9.17, 15) is 18.0 Å². The average Bonchev–Trinajstić information content (AvgIpc) is 2.84. The first-order valence-corrected chi connectivity index (χ1v) is 6.94. The maximum atomic E-state index is 12.1. The third-order valence-electron chi connectivity index (χ3n) is 2.59. The maximum Gasteiger partial charge on any atom is 0.450 e. The topological polar surface area (TPSA) is 56.0 Å². The molecule has 1 aromatic heterocycles. The summed E-state index contributed by atoms with van der Waals surface area (Å²) in [6.07, 6.45) is -5.81. The van der Waals surface area contributed by atoms with Crippen molar-refractivity contribution in [3.05, 3.63) is 41.5 Å². The molecule has 0 spiro atoms. The Balaban J connectivity index is 1.95. The molecule has 0 atom stereocenters. The molecule has 8 heteroatoms. The molecule has 0 aliphatic carbocycles. The number of aryl methyl sites for hydroxylation is 1. The van der Waals surface area contributed by atoms with Crippen LogP contribution in [0.25, 0.3) is 0 Å². The van der Waals surface area contributed by atoms with Crippen LogP contribution in [0.5, 0.6) is 0 Å². The summed E-state index contributed by atoms with van der Waals surface area (Å²) in [6.45, 7) is 1.95. The van der Waals surface area contributed by atoms with Gasteiger partial charge in [0.1, 0.15) is 0 Å². The Hall–Kier alpha value is -1.83. The van der Waals surface area contributed by atoms with E-state index in [4.69, 9.17) is 0 Å². The number of alkyl halides is 3. The first-order chi connectivity index (χ1) is 9.86. The second kappa shape index (κ2) is 6.30. The van der Waals surface area contributed by atoms with Gasteiger partial charge in [-0.25, -0.2) is 0 Å². The highest BCUT2D eigenvalue weighted by atomic mass is 32.2. The molecule has 0 bridgehead atoms.